The molecule has 1 aliphatic carbocycles. The molecule has 2 nitrogen and oxygen atoms in total. The molecule has 0 spiro atoms. The molecule has 0 aromatic heterocycles. The van der Waals surface area contributed by atoms with Gasteiger partial charge < -0.3 is 10.5 Å². The van der Waals surface area contributed by atoms with E-state index >= 15 is 0 Å². The van der Waals surface area contributed by atoms with Gasteiger partial charge in [0.2, 0.25) is 0 Å². The van der Waals surface area contributed by atoms with E-state index in [0.29, 0.717) is 0 Å². The lowest BCUT2D eigenvalue weighted by Gasteiger charge is -2.59. The van der Waals surface area contributed by atoms with Gasteiger partial charge in [0.15, 0.2) is 0 Å². The number of rotatable bonds is 0. The Balaban J connectivity index is 2.32. The van der Waals surface area contributed by atoms with Crippen molar-refractivity contribution in [2.24, 2.45) is 5.73 Å². The van der Waals surface area contributed by atoms with Crippen LogP contribution in [0.3, 0.4) is 0 Å². The molecule has 2 heteroatoms. The van der Waals surface area contributed by atoms with E-state index in [1.807, 2.05) is 0 Å². The normalized spacial score (nSPS) is 51.0. The Morgan fingerprint density at radius 1 is 1.00 bits per heavy atom. The van der Waals surface area contributed by atoms with Crippen molar-refractivity contribution in [2.75, 3.05) is 0 Å². The summed E-state index contributed by atoms with van der Waals surface area (Å²) in [4.78, 5) is 0. The van der Waals surface area contributed by atoms with Crippen molar-refractivity contribution >= 4 is 0 Å². The van der Waals surface area contributed by atoms with Gasteiger partial charge in [-0.05, 0) is 46.5 Å². The molecule has 12 heavy (non-hydrogen) atoms. The SMILES string of the molecule is CC12CCC(N)(CC1)C(C)(C)O2. The summed E-state index contributed by atoms with van der Waals surface area (Å²) in [6.07, 6.45) is 4.51. The maximum Gasteiger partial charge on any atom is 0.0812 e. The number of hydrogen-bond acceptors (Lipinski definition) is 2. The third-order valence-electron chi connectivity index (χ3n) is 3.90. The first-order chi connectivity index (χ1) is 5.37. The first-order valence-corrected chi connectivity index (χ1v) is 4.86. The van der Waals surface area contributed by atoms with Crippen LogP contribution in [-0.4, -0.2) is 16.7 Å². The summed E-state index contributed by atoms with van der Waals surface area (Å²) in [6.45, 7) is 6.47. The third-order valence-corrected chi connectivity index (χ3v) is 3.90. The predicted octanol–water partition coefficient (Wildman–Crippen LogP) is 1.83. The quantitative estimate of drug-likeness (QED) is 0.600. The summed E-state index contributed by atoms with van der Waals surface area (Å²) in [7, 11) is 0. The minimum atomic E-state index is -0.127. The highest BCUT2D eigenvalue weighted by atomic mass is 16.5. The van der Waals surface area contributed by atoms with Gasteiger partial charge in [0.25, 0.3) is 0 Å². The van der Waals surface area contributed by atoms with Gasteiger partial charge in [-0.2, -0.15) is 0 Å². The molecule has 2 N–H and O–H groups in total. The van der Waals surface area contributed by atoms with Gasteiger partial charge in [-0.3, -0.25) is 0 Å². The summed E-state index contributed by atoms with van der Waals surface area (Å²) in [5, 5.41) is 0. The van der Waals surface area contributed by atoms with Crippen LogP contribution in [0.15, 0.2) is 0 Å². The molecule has 2 aliphatic heterocycles. The van der Waals surface area contributed by atoms with E-state index in [2.05, 4.69) is 20.8 Å². The van der Waals surface area contributed by atoms with Gasteiger partial charge in [-0.25, -0.2) is 0 Å². The standard InChI is InChI=1S/C10H19NO/c1-8(2)10(11)6-4-9(3,12-8)5-7-10/h4-7,11H2,1-3H3. The minimum absolute atomic E-state index is 0.0647. The summed E-state index contributed by atoms with van der Waals surface area (Å²) in [5.41, 5.74) is 6.23. The Morgan fingerprint density at radius 2 is 1.50 bits per heavy atom. The van der Waals surface area contributed by atoms with Crippen LogP contribution in [-0.2, 0) is 4.74 Å². The van der Waals surface area contributed by atoms with Gasteiger partial charge in [0, 0.05) is 5.54 Å². The summed E-state index contributed by atoms with van der Waals surface area (Å²) in [6, 6.07) is 0. The maximum absolute atomic E-state index is 6.31. The number of ether oxygens (including phenoxy) is 1. The van der Waals surface area contributed by atoms with E-state index in [1.165, 1.54) is 0 Å². The Morgan fingerprint density at radius 3 is 1.83 bits per heavy atom. The van der Waals surface area contributed by atoms with E-state index in [1.54, 1.807) is 0 Å². The van der Waals surface area contributed by atoms with E-state index in [4.69, 9.17) is 10.5 Å². The predicted molar refractivity (Wildman–Crippen MR) is 49.0 cm³/mol. The van der Waals surface area contributed by atoms with Crippen LogP contribution in [0.25, 0.3) is 0 Å². The van der Waals surface area contributed by atoms with E-state index in [-0.39, 0.29) is 16.7 Å². The lowest BCUT2D eigenvalue weighted by atomic mass is 9.64. The second kappa shape index (κ2) is 2.05. The lowest BCUT2D eigenvalue weighted by Crippen LogP contribution is -2.69. The fraction of sp³-hybridized carbons (Fsp3) is 1.00. The number of hydrogen-bond donors (Lipinski definition) is 1. The molecule has 0 radical (unpaired) electrons. The van der Waals surface area contributed by atoms with Crippen LogP contribution in [0.1, 0.15) is 46.5 Å². The molecular weight excluding hydrogens is 150 g/mol. The smallest absolute Gasteiger partial charge is 0.0812 e. The first kappa shape index (κ1) is 8.52. The molecule has 2 saturated heterocycles. The van der Waals surface area contributed by atoms with Crippen LogP contribution in [0.5, 0.6) is 0 Å². The van der Waals surface area contributed by atoms with Crippen molar-refractivity contribution in [2.45, 2.75) is 63.2 Å². The molecule has 2 heterocycles. The average Bonchev–Trinajstić information content (AvgIpc) is 1.92. The molecule has 0 aromatic carbocycles. The Labute approximate surface area is 74.5 Å². The minimum Gasteiger partial charge on any atom is -0.368 e. The Bertz CT molecular complexity index is 202. The fourth-order valence-electron chi connectivity index (χ4n) is 2.65. The van der Waals surface area contributed by atoms with Crippen LogP contribution in [0.4, 0.5) is 0 Å². The van der Waals surface area contributed by atoms with Crippen molar-refractivity contribution < 1.29 is 4.74 Å². The van der Waals surface area contributed by atoms with E-state index in [9.17, 15) is 0 Å². The van der Waals surface area contributed by atoms with Gasteiger partial charge in [-0.15, -0.1) is 0 Å². The summed E-state index contributed by atoms with van der Waals surface area (Å²) in [5.74, 6) is 0. The Kier molecular flexibility index (Phi) is 1.45. The molecule has 70 valence electrons. The first-order valence-electron chi connectivity index (χ1n) is 4.86. The molecular formula is C10H19NO. The highest BCUT2D eigenvalue weighted by molar-refractivity contribution is 5.10. The van der Waals surface area contributed by atoms with Crippen molar-refractivity contribution in [3.8, 4) is 0 Å². The monoisotopic (exact) mass is 169 g/mol. The maximum atomic E-state index is 6.31. The second-order valence-electron chi connectivity index (χ2n) is 5.22. The van der Waals surface area contributed by atoms with Gasteiger partial charge in [-0.1, -0.05) is 0 Å². The third kappa shape index (κ3) is 0.944. The van der Waals surface area contributed by atoms with Crippen molar-refractivity contribution in [1.82, 2.24) is 0 Å². The van der Waals surface area contributed by atoms with Gasteiger partial charge >= 0.3 is 0 Å². The Hall–Kier alpha value is -0.0800. The summed E-state index contributed by atoms with van der Waals surface area (Å²) < 4.78 is 6.04. The molecule has 0 atom stereocenters. The van der Waals surface area contributed by atoms with E-state index in [0.717, 1.165) is 25.7 Å². The fourth-order valence-corrected chi connectivity index (χ4v) is 2.65. The zero-order chi connectivity index (χ0) is 9.04. The molecule has 0 aromatic rings. The van der Waals surface area contributed by atoms with Crippen LogP contribution in [0, 0.1) is 0 Å². The van der Waals surface area contributed by atoms with Crippen LogP contribution in [0.2, 0.25) is 0 Å². The molecule has 0 unspecified atom stereocenters. The van der Waals surface area contributed by atoms with Crippen molar-refractivity contribution in [3.63, 3.8) is 0 Å². The topological polar surface area (TPSA) is 35.2 Å². The van der Waals surface area contributed by atoms with Crippen molar-refractivity contribution in [1.29, 1.82) is 0 Å². The van der Waals surface area contributed by atoms with Gasteiger partial charge in [0.05, 0.1) is 11.2 Å². The zero-order valence-corrected chi connectivity index (χ0v) is 8.31. The summed E-state index contributed by atoms with van der Waals surface area (Å²) >= 11 is 0. The largest absolute Gasteiger partial charge is 0.368 e. The van der Waals surface area contributed by atoms with Crippen LogP contribution < -0.4 is 5.73 Å². The highest BCUT2D eigenvalue weighted by Crippen LogP contribution is 2.50. The average molecular weight is 169 g/mol. The van der Waals surface area contributed by atoms with Crippen molar-refractivity contribution in [3.05, 3.63) is 0 Å². The lowest BCUT2D eigenvalue weighted by molar-refractivity contribution is -0.238. The molecule has 1 saturated carbocycles. The second-order valence-corrected chi connectivity index (χ2v) is 5.22. The van der Waals surface area contributed by atoms with Gasteiger partial charge in [0.1, 0.15) is 0 Å². The number of nitrogens with two attached hydrogens (primary N) is 1. The zero-order valence-electron chi connectivity index (χ0n) is 8.31. The number of fused-ring (bicyclic) bond motifs is 3. The van der Waals surface area contributed by atoms with E-state index < -0.39 is 0 Å². The van der Waals surface area contributed by atoms with Crippen LogP contribution >= 0.6 is 0 Å². The molecule has 3 aliphatic rings. The molecule has 3 fully saturated rings. The molecule has 2 bridgehead atoms. The molecule has 0 amide bonds. The highest BCUT2D eigenvalue weighted by Gasteiger charge is 2.55. The molecule has 3 rings (SSSR count).